The maximum absolute atomic E-state index is 13.1. The minimum atomic E-state index is -5.09. The molecule has 0 radical (unpaired) electrons. The summed E-state index contributed by atoms with van der Waals surface area (Å²) in [4.78, 5) is 28.0. The molecule has 0 aliphatic carbocycles. The molecule has 1 unspecified atom stereocenters. The molecule has 1 atom stereocenters. The summed E-state index contributed by atoms with van der Waals surface area (Å²) in [5.74, 6) is -1.71. The van der Waals surface area contributed by atoms with Crippen LogP contribution >= 0.6 is 0 Å². The van der Waals surface area contributed by atoms with Crippen LogP contribution in [-0.4, -0.2) is 69.5 Å². The Kier molecular flexibility index (Phi) is 12.5. The number of sulfonamides is 1. The Bertz CT molecular complexity index is 1510. The largest absolute Gasteiger partial charge is 0.289 e. The predicted octanol–water partition coefficient (Wildman–Crippen LogP) is 1.88. The molecule has 228 valence electrons. The SMILES string of the molecule is CC(=O)Nc1ccc([As](=O)(O)O)c(O)c1.CCC(C(=O)NO)N(OC(C)C)S(=O)(=O)c1ccc(-c2ccccc2)cc1. The third kappa shape index (κ3) is 9.53. The van der Waals surface area contributed by atoms with Crippen LogP contribution in [0.4, 0.5) is 5.69 Å². The molecule has 0 saturated heterocycles. The normalized spacial score (nSPS) is 12.3. The molecule has 13 nitrogen and oxygen atoms in total. The van der Waals surface area contributed by atoms with Gasteiger partial charge in [-0.3, -0.25) is 14.8 Å². The van der Waals surface area contributed by atoms with Gasteiger partial charge in [0.05, 0.1) is 11.0 Å². The first kappa shape index (κ1) is 34.7. The number of phenolic OH excluding ortho intramolecular Hbond substituents is 1. The van der Waals surface area contributed by atoms with E-state index < -0.39 is 52.3 Å². The number of nitrogens with zero attached hydrogens (tertiary/aromatic N) is 1. The molecule has 3 aromatic rings. The first-order valence-electron chi connectivity index (χ1n) is 12.6. The molecule has 15 heteroatoms. The van der Waals surface area contributed by atoms with Crippen molar-refractivity contribution in [2.45, 2.75) is 51.2 Å². The number of hydroxylamine groups is 2. The molecule has 3 rings (SSSR count). The second kappa shape index (κ2) is 15.1. The van der Waals surface area contributed by atoms with Crippen LogP contribution in [0.25, 0.3) is 11.1 Å². The van der Waals surface area contributed by atoms with Crippen LogP contribution in [0, 0.1) is 0 Å². The number of carbonyl (C=O) groups excluding carboxylic acids is 2. The van der Waals surface area contributed by atoms with Gasteiger partial charge >= 0.3 is 88.1 Å². The van der Waals surface area contributed by atoms with E-state index in [0.29, 0.717) is 4.47 Å². The van der Waals surface area contributed by atoms with Crippen LogP contribution in [0.3, 0.4) is 0 Å². The van der Waals surface area contributed by atoms with Crippen LogP contribution in [0.15, 0.2) is 77.7 Å². The molecule has 42 heavy (non-hydrogen) atoms. The van der Waals surface area contributed by atoms with Gasteiger partial charge in [-0.15, -0.1) is 0 Å². The second-order valence-electron chi connectivity index (χ2n) is 9.13. The van der Waals surface area contributed by atoms with Crippen molar-refractivity contribution < 1.29 is 45.1 Å². The minimum Gasteiger partial charge on any atom is -0.289 e. The van der Waals surface area contributed by atoms with E-state index in [1.165, 1.54) is 30.6 Å². The van der Waals surface area contributed by atoms with Crippen molar-refractivity contribution in [1.29, 1.82) is 0 Å². The average molecular weight is 668 g/mol. The molecule has 3 aromatic carbocycles. The number of anilines is 1. The standard InChI is InChI=1S/C19H24N2O5S.C8H10AsNO5/c1-4-18(19(22)20-23)21(26-14(2)3)27(24,25)17-12-10-16(11-13-17)15-8-6-5-7-9-15;1-5(11)10-6-2-3-7(8(12)4-6)9(13,14)15/h5-14,18,23H,4H2,1-3H3,(H,20,22);2-4,12H,1H3,(H,10,11)(H2,13,14,15). The van der Waals surface area contributed by atoms with Crippen molar-refractivity contribution in [1.82, 2.24) is 9.95 Å². The maximum Gasteiger partial charge on any atom is 0.265 e. The summed E-state index contributed by atoms with van der Waals surface area (Å²) < 4.78 is 55.0. The van der Waals surface area contributed by atoms with Crippen molar-refractivity contribution in [3.63, 3.8) is 0 Å². The number of hydrogen-bond donors (Lipinski definition) is 6. The third-order valence-corrected chi connectivity index (χ3v) is 9.27. The van der Waals surface area contributed by atoms with Gasteiger partial charge in [0, 0.05) is 0 Å². The fourth-order valence-corrected chi connectivity index (χ4v) is 6.49. The Hall–Kier alpha value is -3.49. The number of carbonyl (C=O) groups is 2. The van der Waals surface area contributed by atoms with Gasteiger partial charge in [-0.25, -0.2) is 13.9 Å². The number of nitrogens with one attached hydrogen (secondary N) is 2. The zero-order valence-corrected chi connectivity index (χ0v) is 26.0. The predicted molar refractivity (Wildman–Crippen MR) is 154 cm³/mol. The zero-order valence-electron chi connectivity index (χ0n) is 23.3. The van der Waals surface area contributed by atoms with Gasteiger partial charge in [-0.1, -0.05) is 53.9 Å². The summed E-state index contributed by atoms with van der Waals surface area (Å²) in [5.41, 5.74) is 3.61. The van der Waals surface area contributed by atoms with E-state index in [4.69, 9.17) is 18.2 Å². The van der Waals surface area contributed by atoms with Gasteiger partial charge in [-0.05, 0) is 43.5 Å². The molecule has 0 heterocycles. The van der Waals surface area contributed by atoms with Gasteiger partial charge in [0.25, 0.3) is 15.9 Å². The van der Waals surface area contributed by atoms with Crippen molar-refractivity contribution in [2.24, 2.45) is 0 Å². The second-order valence-corrected chi connectivity index (χ2v) is 14.2. The van der Waals surface area contributed by atoms with Crippen LogP contribution in [0.2, 0.25) is 0 Å². The Morgan fingerprint density at radius 1 is 0.976 bits per heavy atom. The number of amides is 2. The molecule has 6 N–H and O–H groups in total. The molecule has 0 saturated carbocycles. The summed E-state index contributed by atoms with van der Waals surface area (Å²) in [6.45, 7) is 6.23. The Morgan fingerprint density at radius 2 is 1.55 bits per heavy atom. The molecule has 0 bridgehead atoms. The van der Waals surface area contributed by atoms with E-state index in [-0.39, 0.29) is 22.9 Å². The number of hydrogen-bond acceptors (Lipinski definition) is 8. The van der Waals surface area contributed by atoms with E-state index in [1.807, 2.05) is 30.3 Å². The topological polar surface area (TPSA) is 203 Å². The fraction of sp³-hybridized carbons (Fsp3) is 0.259. The summed E-state index contributed by atoms with van der Waals surface area (Å²) in [6.07, 6.45) is -0.357. The van der Waals surface area contributed by atoms with E-state index in [1.54, 1.807) is 32.9 Å². The summed E-state index contributed by atoms with van der Waals surface area (Å²) in [6, 6.07) is 18.2. The number of rotatable bonds is 10. The molecular formula is C27H34AsN3O10S. The summed E-state index contributed by atoms with van der Waals surface area (Å²) in [7, 11) is -4.12. The third-order valence-electron chi connectivity index (χ3n) is 5.47. The van der Waals surface area contributed by atoms with E-state index in [0.717, 1.165) is 23.3 Å². The molecule has 0 aliphatic rings. The van der Waals surface area contributed by atoms with Crippen LogP contribution in [0.5, 0.6) is 5.75 Å². The zero-order chi connectivity index (χ0) is 31.7. The van der Waals surface area contributed by atoms with E-state index in [2.05, 4.69) is 5.32 Å². The van der Waals surface area contributed by atoms with Crippen LogP contribution in [-0.2, 0) is 28.2 Å². The quantitative estimate of drug-likeness (QED) is 0.105. The van der Waals surface area contributed by atoms with Gasteiger partial charge in [-0.2, -0.15) is 0 Å². The number of aromatic hydroxyl groups is 1. The van der Waals surface area contributed by atoms with Gasteiger partial charge < -0.3 is 0 Å². The molecule has 2 amide bonds. The summed E-state index contributed by atoms with van der Waals surface area (Å²) >= 11 is -5.09. The average Bonchev–Trinajstić information content (AvgIpc) is 2.92. The van der Waals surface area contributed by atoms with Crippen molar-refractivity contribution >= 4 is 46.0 Å². The van der Waals surface area contributed by atoms with Gasteiger partial charge in [0.2, 0.25) is 0 Å². The first-order valence-corrected chi connectivity index (χ1v) is 17.4. The van der Waals surface area contributed by atoms with Crippen molar-refractivity contribution in [3.8, 4) is 16.9 Å². The molecule has 0 aliphatic heterocycles. The number of phenols is 1. The van der Waals surface area contributed by atoms with Gasteiger partial charge in [0.15, 0.2) is 0 Å². The first-order chi connectivity index (χ1) is 19.6. The molecule has 0 fully saturated rings. The van der Waals surface area contributed by atoms with Crippen molar-refractivity contribution in [2.75, 3.05) is 5.32 Å². The number of benzene rings is 3. The monoisotopic (exact) mass is 667 g/mol. The summed E-state index contributed by atoms with van der Waals surface area (Å²) in [5, 5.41) is 20.6. The Morgan fingerprint density at radius 3 is 2.00 bits per heavy atom. The molecule has 0 aromatic heterocycles. The molecule has 0 spiro atoms. The Balaban J connectivity index is 0.000000347. The van der Waals surface area contributed by atoms with Crippen molar-refractivity contribution in [3.05, 3.63) is 72.8 Å². The van der Waals surface area contributed by atoms with E-state index in [9.17, 15) is 26.9 Å². The maximum atomic E-state index is 13.1. The van der Waals surface area contributed by atoms with Crippen LogP contribution in [0.1, 0.15) is 34.1 Å². The minimum absolute atomic E-state index is 0.00739. The molecular weight excluding hydrogens is 633 g/mol. The Labute approximate surface area is 246 Å². The van der Waals surface area contributed by atoms with Crippen LogP contribution < -0.4 is 15.1 Å². The van der Waals surface area contributed by atoms with E-state index >= 15 is 0 Å². The van der Waals surface area contributed by atoms with Gasteiger partial charge in [0.1, 0.15) is 6.04 Å². The fourth-order valence-electron chi connectivity index (χ4n) is 3.61. The smallest absolute Gasteiger partial charge is 0.265 e.